The van der Waals surface area contributed by atoms with E-state index in [0.29, 0.717) is 5.92 Å². The van der Waals surface area contributed by atoms with Crippen LogP contribution in [0.2, 0.25) is 0 Å². The number of nitrogens with zero attached hydrogens (tertiary/aromatic N) is 1. The van der Waals surface area contributed by atoms with Crippen LogP contribution in [0.3, 0.4) is 0 Å². The van der Waals surface area contributed by atoms with Gasteiger partial charge in [-0.2, -0.15) is 5.26 Å². The standard InChI is InChI=1S/C24H39N/c1-2-3-4-5-6-8-21-10-14-23(15-11-21)18-19-24-16-12-22(13-17-24)9-7-20-25/h21-24H,2-6,8,10-19H2,1H3. The summed E-state index contributed by atoms with van der Waals surface area (Å²) >= 11 is 0. The Bertz CT molecular complexity index is 433. The summed E-state index contributed by atoms with van der Waals surface area (Å²) in [5.74, 6) is 9.23. The molecule has 0 aliphatic heterocycles. The first-order valence-electron chi connectivity index (χ1n) is 11.2. The van der Waals surface area contributed by atoms with Crippen molar-refractivity contribution in [2.24, 2.45) is 23.7 Å². The monoisotopic (exact) mass is 341 g/mol. The number of rotatable bonds is 9. The highest BCUT2D eigenvalue weighted by Gasteiger charge is 2.24. The lowest BCUT2D eigenvalue weighted by atomic mass is 9.75. The van der Waals surface area contributed by atoms with Crippen molar-refractivity contribution in [2.45, 2.75) is 110 Å². The molecular weight excluding hydrogens is 302 g/mol. The summed E-state index contributed by atoms with van der Waals surface area (Å²) in [6.45, 7) is 2.30. The predicted octanol–water partition coefficient (Wildman–Crippen LogP) is 7.27. The third-order valence-electron chi connectivity index (χ3n) is 6.84. The van der Waals surface area contributed by atoms with Crippen LogP contribution in [-0.4, -0.2) is 0 Å². The smallest absolute Gasteiger partial charge is 0.152 e. The molecule has 0 radical (unpaired) electrons. The molecule has 2 aliphatic carbocycles. The summed E-state index contributed by atoms with van der Waals surface area (Å²) in [7, 11) is 0. The van der Waals surface area contributed by atoms with Crippen LogP contribution in [0.15, 0.2) is 0 Å². The van der Waals surface area contributed by atoms with Crippen LogP contribution in [-0.2, 0) is 0 Å². The van der Waals surface area contributed by atoms with E-state index in [1.807, 2.05) is 6.07 Å². The topological polar surface area (TPSA) is 23.8 Å². The Morgan fingerprint density at radius 3 is 1.76 bits per heavy atom. The second kappa shape index (κ2) is 12.4. The van der Waals surface area contributed by atoms with Crippen LogP contribution in [0.25, 0.3) is 0 Å². The highest BCUT2D eigenvalue weighted by Crippen LogP contribution is 2.37. The van der Waals surface area contributed by atoms with Gasteiger partial charge in [0.15, 0.2) is 6.07 Å². The van der Waals surface area contributed by atoms with Gasteiger partial charge in [0, 0.05) is 11.8 Å². The Hall–Kier alpha value is -0.950. The van der Waals surface area contributed by atoms with Gasteiger partial charge in [-0.1, -0.05) is 89.9 Å². The first-order valence-corrected chi connectivity index (χ1v) is 11.2. The fourth-order valence-corrected chi connectivity index (χ4v) is 5.05. The molecule has 0 saturated heterocycles. The quantitative estimate of drug-likeness (QED) is 0.319. The Morgan fingerprint density at radius 1 is 0.680 bits per heavy atom. The van der Waals surface area contributed by atoms with Crippen molar-refractivity contribution >= 4 is 0 Å². The summed E-state index contributed by atoms with van der Waals surface area (Å²) in [5, 5.41) is 8.55. The number of hydrogen-bond donors (Lipinski definition) is 0. The van der Waals surface area contributed by atoms with Crippen molar-refractivity contribution in [3.8, 4) is 17.9 Å². The maximum absolute atomic E-state index is 8.55. The molecule has 2 rings (SSSR count). The van der Waals surface area contributed by atoms with Crippen LogP contribution in [0, 0.1) is 46.8 Å². The van der Waals surface area contributed by atoms with Crippen molar-refractivity contribution in [3.05, 3.63) is 0 Å². The van der Waals surface area contributed by atoms with Crippen LogP contribution in [0.4, 0.5) is 0 Å². The van der Waals surface area contributed by atoms with E-state index in [4.69, 9.17) is 5.26 Å². The normalized spacial score (nSPS) is 29.4. The van der Waals surface area contributed by atoms with E-state index in [9.17, 15) is 0 Å². The van der Waals surface area contributed by atoms with Gasteiger partial charge in [-0.05, 0) is 43.4 Å². The average Bonchev–Trinajstić information content (AvgIpc) is 2.66. The van der Waals surface area contributed by atoms with E-state index in [-0.39, 0.29) is 0 Å². The Kier molecular flexibility index (Phi) is 10.1. The van der Waals surface area contributed by atoms with Gasteiger partial charge >= 0.3 is 0 Å². The lowest BCUT2D eigenvalue weighted by molar-refractivity contribution is 0.220. The van der Waals surface area contributed by atoms with Gasteiger partial charge in [0.1, 0.15) is 0 Å². The van der Waals surface area contributed by atoms with Gasteiger partial charge in [-0.3, -0.25) is 0 Å². The molecule has 0 heterocycles. The Morgan fingerprint density at radius 2 is 1.20 bits per heavy atom. The summed E-state index contributed by atoms with van der Waals surface area (Å²) < 4.78 is 0. The minimum Gasteiger partial charge on any atom is -0.183 e. The lowest BCUT2D eigenvalue weighted by Gasteiger charge is -2.31. The molecule has 0 unspecified atom stereocenters. The molecule has 140 valence electrons. The summed E-state index contributed by atoms with van der Waals surface area (Å²) in [4.78, 5) is 0. The van der Waals surface area contributed by atoms with Gasteiger partial charge in [-0.15, -0.1) is 0 Å². The van der Waals surface area contributed by atoms with Gasteiger partial charge < -0.3 is 0 Å². The molecule has 2 fully saturated rings. The SMILES string of the molecule is CCCCCCCC1CCC(CCC2CCC(C#CC#N)CC2)CC1. The number of unbranched alkanes of at least 4 members (excludes halogenated alkanes) is 4. The minimum atomic E-state index is 0.503. The van der Waals surface area contributed by atoms with Crippen LogP contribution in [0.5, 0.6) is 0 Å². The fraction of sp³-hybridized carbons (Fsp3) is 0.875. The van der Waals surface area contributed by atoms with Crippen molar-refractivity contribution in [3.63, 3.8) is 0 Å². The minimum absolute atomic E-state index is 0.503. The van der Waals surface area contributed by atoms with Gasteiger partial charge in [0.05, 0.1) is 0 Å². The van der Waals surface area contributed by atoms with Gasteiger partial charge in [-0.25, -0.2) is 0 Å². The third-order valence-corrected chi connectivity index (χ3v) is 6.84. The van der Waals surface area contributed by atoms with Gasteiger partial charge in [0.2, 0.25) is 0 Å². The maximum Gasteiger partial charge on any atom is 0.152 e. The first-order chi connectivity index (χ1) is 12.3. The second-order valence-corrected chi connectivity index (χ2v) is 8.77. The molecule has 1 heteroatoms. The average molecular weight is 342 g/mol. The van der Waals surface area contributed by atoms with Crippen LogP contribution >= 0.6 is 0 Å². The molecule has 0 spiro atoms. The zero-order valence-corrected chi connectivity index (χ0v) is 16.6. The maximum atomic E-state index is 8.55. The Balaban J connectivity index is 1.51. The largest absolute Gasteiger partial charge is 0.183 e. The van der Waals surface area contributed by atoms with E-state index in [1.54, 1.807) is 0 Å². The first kappa shape index (κ1) is 20.4. The summed E-state index contributed by atoms with van der Waals surface area (Å²) in [6, 6.07) is 1.96. The molecule has 2 aliphatic rings. The number of nitriles is 1. The van der Waals surface area contributed by atoms with Crippen LogP contribution in [0.1, 0.15) is 110 Å². The molecule has 2 saturated carbocycles. The predicted molar refractivity (Wildman–Crippen MR) is 107 cm³/mol. The van der Waals surface area contributed by atoms with Crippen LogP contribution < -0.4 is 0 Å². The van der Waals surface area contributed by atoms with E-state index in [1.165, 1.54) is 103 Å². The Labute approximate surface area is 157 Å². The van der Waals surface area contributed by atoms with Crippen molar-refractivity contribution in [2.75, 3.05) is 0 Å². The van der Waals surface area contributed by atoms with Gasteiger partial charge in [0.25, 0.3) is 0 Å². The number of hydrogen-bond acceptors (Lipinski definition) is 1. The summed E-state index contributed by atoms with van der Waals surface area (Å²) in [6.07, 6.45) is 22.8. The highest BCUT2D eigenvalue weighted by atomic mass is 14.3. The fourth-order valence-electron chi connectivity index (χ4n) is 5.05. The van der Waals surface area contributed by atoms with E-state index in [2.05, 4.69) is 18.8 Å². The molecule has 0 atom stereocenters. The van der Waals surface area contributed by atoms with E-state index >= 15 is 0 Å². The molecule has 0 aromatic rings. The van der Waals surface area contributed by atoms with Crippen molar-refractivity contribution in [1.82, 2.24) is 0 Å². The lowest BCUT2D eigenvalue weighted by Crippen LogP contribution is -2.18. The molecule has 0 amide bonds. The van der Waals surface area contributed by atoms with E-state index in [0.717, 1.165) is 17.8 Å². The molecule has 25 heavy (non-hydrogen) atoms. The molecule has 0 bridgehead atoms. The molecule has 1 nitrogen and oxygen atoms in total. The molecule has 0 aromatic carbocycles. The second-order valence-electron chi connectivity index (χ2n) is 8.77. The zero-order valence-electron chi connectivity index (χ0n) is 16.6. The zero-order chi connectivity index (χ0) is 17.7. The van der Waals surface area contributed by atoms with Crippen molar-refractivity contribution in [1.29, 1.82) is 5.26 Å². The molecule has 0 N–H and O–H groups in total. The molecular formula is C24H39N. The highest BCUT2D eigenvalue weighted by molar-refractivity contribution is 5.18. The van der Waals surface area contributed by atoms with Crippen molar-refractivity contribution < 1.29 is 0 Å². The molecule has 0 aromatic heterocycles. The van der Waals surface area contributed by atoms with E-state index < -0.39 is 0 Å². The third kappa shape index (κ3) is 8.31. The summed E-state index contributed by atoms with van der Waals surface area (Å²) in [5.41, 5.74) is 0.